The molecule has 23 heavy (non-hydrogen) atoms. The van der Waals surface area contributed by atoms with Gasteiger partial charge in [-0.3, -0.25) is 4.79 Å². The van der Waals surface area contributed by atoms with Crippen LogP contribution in [0.15, 0.2) is 17.1 Å². The van der Waals surface area contributed by atoms with Crippen LogP contribution in [-0.2, 0) is 17.8 Å². The molecule has 124 valence electrons. The predicted molar refractivity (Wildman–Crippen MR) is 93.0 cm³/mol. The van der Waals surface area contributed by atoms with Gasteiger partial charge in [-0.2, -0.15) is 4.99 Å². The molecule has 2 aromatic rings. The number of rotatable bonds is 4. The number of amides is 1. The van der Waals surface area contributed by atoms with E-state index in [-0.39, 0.29) is 24.2 Å². The van der Waals surface area contributed by atoms with E-state index < -0.39 is 5.91 Å². The highest BCUT2D eigenvalue weighted by atomic mass is 35.5. The van der Waals surface area contributed by atoms with Crippen LogP contribution < -0.4 is 11.5 Å². The number of nitrogens with zero attached hydrogens (tertiary/aromatic N) is 2. The van der Waals surface area contributed by atoms with Gasteiger partial charge in [-0.25, -0.2) is 0 Å². The fourth-order valence-corrected chi connectivity index (χ4v) is 2.80. The molecule has 2 rings (SSSR count). The topological polar surface area (TPSA) is 107 Å². The van der Waals surface area contributed by atoms with Crippen LogP contribution in [0.3, 0.4) is 0 Å². The number of aliphatic imine (C=N–C) groups is 1. The quantitative estimate of drug-likeness (QED) is 0.578. The van der Waals surface area contributed by atoms with E-state index in [2.05, 4.69) is 4.99 Å². The lowest BCUT2D eigenvalue weighted by Gasteiger charge is -2.12. The lowest BCUT2D eigenvalue weighted by atomic mass is 10.1. The predicted octanol–water partition coefficient (Wildman–Crippen LogP) is 2.65. The minimum absolute atomic E-state index is 0.0415. The summed E-state index contributed by atoms with van der Waals surface area (Å²) < 4.78 is 1.67. The number of aromatic nitrogens is 1. The molecule has 1 amide bonds. The van der Waals surface area contributed by atoms with E-state index in [1.165, 1.54) is 0 Å². The second kappa shape index (κ2) is 6.68. The normalized spacial score (nSPS) is 11.2. The van der Waals surface area contributed by atoms with Gasteiger partial charge in [-0.05, 0) is 18.1 Å². The number of nitrogens with two attached hydrogens (primary N) is 2. The number of benzene rings is 1. The van der Waals surface area contributed by atoms with E-state index in [1.54, 1.807) is 16.7 Å². The van der Waals surface area contributed by atoms with Crippen LogP contribution in [0, 0.1) is 5.92 Å². The largest absolute Gasteiger partial charge is 0.494 e. The van der Waals surface area contributed by atoms with Gasteiger partial charge in [0.25, 0.3) is 5.91 Å². The van der Waals surface area contributed by atoms with Crippen molar-refractivity contribution in [2.45, 2.75) is 26.8 Å². The Morgan fingerprint density at radius 3 is 2.35 bits per heavy atom. The molecule has 0 saturated heterocycles. The lowest BCUT2D eigenvalue weighted by Crippen LogP contribution is -2.25. The maximum absolute atomic E-state index is 12.0. The van der Waals surface area contributed by atoms with Crippen molar-refractivity contribution in [3.05, 3.63) is 27.9 Å². The number of halogens is 2. The Morgan fingerprint density at radius 2 is 1.83 bits per heavy atom. The molecule has 0 aliphatic rings. The Labute approximate surface area is 143 Å². The van der Waals surface area contributed by atoms with Gasteiger partial charge >= 0.3 is 0 Å². The number of carbonyl (C=O) groups is 1. The van der Waals surface area contributed by atoms with Gasteiger partial charge in [0.1, 0.15) is 0 Å². The van der Waals surface area contributed by atoms with Crippen molar-refractivity contribution in [1.29, 1.82) is 0 Å². The van der Waals surface area contributed by atoms with Crippen LogP contribution in [0.5, 0.6) is 5.88 Å². The molecule has 0 unspecified atom stereocenters. The monoisotopic (exact) mass is 356 g/mol. The highest BCUT2D eigenvalue weighted by molar-refractivity contribution is 6.43. The lowest BCUT2D eigenvalue weighted by molar-refractivity contribution is -0.117. The molecule has 0 saturated carbocycles. The summed E-state index contributed by atoms with van der Waals surface area (Å²) in [6.07, 6.45) is -0.0559. The molecule has 1 heterocycles. The van der Waals surface area contributed by atoms with E-state index in [0.29, 0.717) is 33.1 Å². The summed E-state index contributed by atoms with van der Waals surface area (Å²) in [5, 5.41) is 12.4. The molecular weight excluding hydrogens is 339 g/mol. The fourth-order valence-electron chi connectivity index (χ4n) is 2.47. The van der Waals surface area contributed by atoms with Gasteiger partial charge in [0.2, 0.25) is 0 Å². The van der Waals surface area contributed by atoms with Crippen molar-refractivity contribution < 1.29 is 9.90 Å². The second-order valence-corrected chi connectivity index (χ2v) is 6.51. The fraction of sp³-hybridized carbons (Fsp3) is 0.333. The average molecular weight is 357 g/mol. The molecule has 1 aromatic carbocycles. The van der Waals surface area contributed by atoms with Crippen molar-refractivity contribution in [1.82, 2.24) is 4.57 Å². The van der Waals surface area contributed by atoms with E-state index in [1.807, 2.05) is 13.8 Å². The van der Waals surface area contributed by atoms with E-state index in [4.69, 9.17) is 34.7 Å². The summed E-state index contributed by atoms with van der Waals surface area (Å²) in [4.78, 5) is 15.5. The minimum Gasteiger partial charge on any atom is -0.494 e. The SMILES string of the molecule is CC(C)Cn1c(O)c2cc(Cl)c(Cl)cc2c1CC(=O)N=C(N)N. The summed E-state index contributed by atoms with van der Waals surface area (Å²) >= 11 is 12.1. The van der Waals surface area contributed by atoms with Crippen molar-refractivity contribution in [3.8, 4) is 5.88 Å². The molecule has 0 fully saturated rings. The van der Waals surface area contributed by atoms with Crippen LogP contribution in [-0.4, -0.2) is 21.5 Å². The van der Waals surface area contributed by atoms with Crippen LogP contribution in [0.1, 0.15) is 19.5 Å². The first-order valence-electron chi connectivity index (χ1n) is 7.02. The molecular formula is C15H18Cl2N4O2. The third-order valence-corrected chi connectivity index (χ3v) is 4.04. The third kappa shape index (κ3) is 3.71. The molecule has 5 N–H and O–H groups in total. The molecule has 0 spiro atoms. The number of fused-ring (bicyclic) bond motifs is 1. The molecule has 0 atom stereocenters. The smallest absolute Gasteiger partial charge is 0.254 e. The zero-order valence-corrected chi connectivity index (χ0v) is 14.3. The summed E-state index contributed by atoms with van der Waals surface area (Å²) in [6.45, 7) is 4.54. The standard InChI is InChI=1S/C15H18Cl2N4O2/c1-7(2)6-21-12(5-13(22)20-15(18)19)8-3-10(16)11(17)4-9(8)14(21)23/h3-4,7,23H,5-6H2,1-2H3,(H4,18,19,20,22). The first-order valence-corrected chi connectivity index (χ1v) is 7.77. The summed E-state index contributed by atoms with van der Waals surface area (Å²) in [6, 6.07) is 3.22. The van der Waals surface area contributed by atoms with E-state index >= 15 is 0 Å². The van der Waals surface area contributed by atoms with Gasteiger partial charge < -0.3 is 21.1 Å². The summed E-state index contributed by atoms with van der Waals surface area (Å²) in [5.41, 5.74) is 11.1. The highest BCUT2D eigenvalue weighted by Crippen LogP contribution is 2.37. The summed E-state index contributed by atoms with van der Waals surface area (Å²) in [7, 11) is 0. The van der Waals surface area contributed by atoms with E-state index in [0.717, 1.165) is 0 Å². The second-order valence-electron chi connectivity index (χ2n) is 5.69. The maximum atomic E-state index is 12.0. The van der Waals surface area contributed by atoms with Crippen molar-refractivity contribution >= 4 is 45.8 Å². The molecule has 0 aliphatic heterocycles. The van der Waals surface area contributed by atoms with Gasteiger partial charge in [0.15, 0.2) is 11.8 Å². The Hall–Kier alpha value is -1.92. The van der Waals surface area contributed by atoms with Crippen molar-refractivity contribution in [2.75, 3.05) is 0 Å². The van der Waals surface area contributed by atoms with Gasteiger partial charge in [0, 0.05) is 23.0 Å². The zero-order chi connectivity index (χ0) is 17.3. The number of carbonyl (C=O) groups excluding carboxylic acids is 1. The van der Waals surface area contributed by atoms with Crippen LogP contribution in [0.2, 0.25) is 10.0 Å². The zero-order valence-electron chi connectivity index (χ0n) is 12.8. The highest BCUT2D eigenvalue weighted by Gasteiger charge is 2.20. The molecule has 0 aliphatic carbocycles. The number of hydrogen-bond donors (Lipinski definition) is 3. The average Bonchev–Trinajstić information content (AvgIpc) is 2.64. The molecule has 8 heteroatoms. The Morgan fingerprint density at radius 1 is 1.26 bits per heavy atom. The third-order valence-electron chi connectivity index (χ3n) is 3.31. The van der Waals surface area contributed by atoms with Crippen molar-refractivity contribution in [2.24, 2.45) is 22.4 Å². The van der Waals surface area contributed by atoms with Crippen molar-refractivity contribution in [3.63, 3.8) is 0 Å². The maximum Gasteiger partial charge on any atom is 0.254 e. The Bertz CT molecular complexity index is 793. The number of guanidine groups is 1. The molecule has 1 aromatic heterocycles. The summed E-state index contributed by atoms with van der Waals surface area (Å²) in [5.74, 6) is -0.502. The Kier molecular flexibility index (Phi) is 5.06. The van der Waals surface area contributed by atoms with Gasteiger partial charge in [-0.15, -0.1) is 0 Å². The number of hydrogen-bond acceptors (Lipinski definition) is 2. The number of aromatic hydroxyl groups is 1. The minimum atomic E-state index is -0.500. The first-order chi connectivity index (χ1) is 10.7. The molecule has 0 radical (unpaired) electrons. The first kappa shape index (κ1) is 17.4. The Balaban J connectivity index is 2.65. The van der Waals surface area contributed by atoms with Crippen LogP contribution in [0.4, 0.5) is 0 Å². The van der Waals surface area contributed by atoms with Gasteiger partial charge in [-0.1, -0.05) is 37.0 Å². The molecule has 0 bridgehead atoms. The van der Waals surface area contributed by atoms with Gasteiger partial charge in [0.05, 0.1) is 16.5 Å². The van der Waals surface area contributed by atoms with Crippen LogP contribution >= 0.6 is 23.2 Å². The molecule has 6 nitrogen and oxygen atoms in total. The van der Waals surface area contributed by atoms with Crippen LogP contribution in [0.25, 0.3) is 10.8 Å². The van der Waals surface area contributed by atoms with E-state index in [9.17, 15) is 9.90 Å².